The number of phenolic OH excluding ortho intramolecular Hbond substituents is 2. The maximum absolute atomic E-state index is 12.3. The first-order chi connectivity index (χ1) is 13.7. The van der Waals surface area contributed by atoms with Crippen molar-refractivity contribution in [1.29, 1.82) is 0 Å². The molecule has 0 amide bonds. The Morgan fingerprint density at radius 2 is 1.93 bits per heavy atom. The van der Waals surface area contributed by atoms with Gasteiger partial charge >= 0.3 is 5.97 Å². The summed E-state index contributed by atoms with van der Waals surface area (Å²) in [6, 6.07) is 3.00. The average molecular weight is 398 g/mol. The number of phenols is 2. The zero-order chi connectivity index (χ0) is 20.9. The number of esters is 1. The summed E-state index contributed by atoms with van der Waals surface area (Å²) in [7, 11) is 2.77. The Hall–Kier alpha value is -2.63. The van der Waals surface area contributed by atoms with E-state index in [1.54, 1.807) is 6.07 Å². The Labute approximate surface area is 169 Å². The molecule has 2 N–H and O–H groups in total. The van der Waals surface area contributed by atoms with Crippen LogP contribution >= 0.6 is 0 Å². The van der Waals surface area contributed by atoms with Gasteiger partial charge in [-0.2, -0.15) is 0 Å². The van der Waals surface area contributed by atoms with Crippen molar-refractivity contribution in [3.05, 3.63) is 23.3 Å². The quantitative estimate of drug-likeness (QED) is 0.732. The fourth-order valence-electron chi connectivity index (χ4n) is 6.48. The summed E-state index contributed by atoms with van der Waals surface area (Å²) in [6.45, 7) is 6.61. The number of carbonyl (C=O) groups is 1. The van der Waals surface area contributed by atoms with Crippen LogP contribution in [0.25, 0.3) is 10.8 Å². The van der Waals surface area contributed by atoms with Crippen molar-refractivity contribution in [2.75, 3.05) is 14.2 Å². The molecule has 2 fully saturated rings. The molecule has 2 aromatic rings. The highest BCUT2D eigenvalue weighted by Gasteiger charge is 2.69. The first-order valence-corrected chi connectivity index (χ1v) is 10.0. The van der Waals surface area contributed by atoms with Crippen LogP contribution in [0, 0.1) is 17.3 Å². The fourth-order valence-corrected chi connectivity index (χ4v) is 6.48. The predicted octanol–water partition coefficient (Wildman–Crippen LogP) is 4.35. The summed E-state index contributed by atoms with van der Waals surface area (Å²) in [6.07, 6.45) is 2.02. The van der Waals surface area contributed by atoms with Gasteiger partial charge in [0.2, 0.25) is 0 Å². The van der Waals surface area contributed by atoms with E-state index in [2.05, 4.69) is 20.8 Å². The van der Waals surface area contributed by atoms with Crippen LogP contribution in [0.2, 0.25) is 0 Å². The van der Waals surface area contributed by atoms with Gasteiger partial charge in [0, 0.05) is 28.2 Å². The van der Waals surface area contributed by atoms with Crippen LogP contribution in [0.3, 0.4) is 0 Å². The number of rotatable bonds is 2. The standard InChI is InChI=1S/C23H26O6/c1-22(2)12-6-7-23(3)17(12)18(22)16-15-10(8-13(24)20(16)29-23)14(27-4)9-11(19(15)25)21(26)28-5/h8-9,12,17-18,24-25H,6-7H2,1-5H3/t12-,17+,18+,23+/m0/s1. The number of hydrogen-bond acceptors (Lipinski definition) is 6. The van der Waals surface area contributed by atoms with E-state index >= 15 is 0 Å². The van der Waals surface area contributed by atoms with Crippen LogP contribution in [0.5, 0.6) is 23.0 Å². The monoisotopic (exact) mass is 398 g/mol. The van der Waals surface area contributed by atoms with Gasteiger partial charge in [-0.15, -0.1) is 0 Å². The Balaban J connectivity index is 1.90. The smallest absolute Gasteiger partial charge is 0.341 e. The summed E-state index contributed by atoms with van der Waals surface area (Å²) >= 11 is 0. The summed E-state index contributed by atoms with van der Waals surface area (Å²) in [4.78, 5) is 12.3. The highest BCUT2D eigenvalue weighted by Crippen LogP contribution is 2.75. The Kier molecular flexibility index (Phi) is 3.49. The molecule has 6 heteroatoms. The SMILES string of the molecule is COC(=O)c1cc(OC)c2cc(O)c3c(c2c1O)[C@@H]1[C@H]2[C@H](CC[C@@]2(C)O3)C1(C)C. The zero-order valence-corrected chi connectivity index (χ0v) is 17.3. The van der Waals surface area contributed by atoms with Crippen LogP contribution in [0.4, 0.5) is 0 Å². The second-order valence-electron chi connectivity index (χ2n) is 9.41. The van der Waals surface area contributed by atoms with Crippen molar-refractivity contribution in [2.24, 2.45) is 17.3 Å². The minimum Gasteiger partial charge on any atom is -0.506 e. The van der Waals surface area contributed by atoms with Gasteiger partial charge in [0.05, 0.1) is 14.2 Å². The lowest BCUT2D eigenvalue weighted by molar-refractivity contribution is -0.120. The second kappa shape index (κ2) is 5.49. The Morgan fingerprint density at radius 1 is 1.21 bits per heavy atom. The molecule has 3 aliphatic rings. The number of hydrogen-bond donors (Lipinski definition) is 2. The first-order valence-electron chi connectivity index (χ1n) is 10.0. The van der Waals surface area contributed by atoms with Gasteiger partial charge in [-0.05, 0) is 43.2 Å². The molecule has 4 atom stereocenters. The lowest BCUT2D eigenvalue weighted by Gasteiger charge is -2.62. The van der Waals surface area contributed by atoms with Gasteiger partial charge in [-0.1, -0.05) is 13.8 Å². The molecular formula is C23H26O6. The van der Waals surface area contributed by atoms with E-state index in [1.807, 2.05) is 0 Å². The molecule has 5 rings (SSSR count). The fraction of sp³-hybridized carbons (Fsp3) is 0.522. The minimum atomic E-state index is -0.641. The Morgan fingerprint density at radius 3 is 2.59 bits per heavy atom. The third-order valence-electron chi connectivity index (χ3n) is 7.81. The summed E-state index contributed by atoms with van der Waals surface area (Å²) in [5, 5.41) is 23.1. The van der Waals surface area contributed by atoms with Crippen LogP contribution in [0.1, 0.15) is 55.5 Å². The van der Waals surface area contributed by atoms with Crippen molar-refractivity contribution in [2.45, 2.75) is 45.1 Å². The van der Waals surface area contributed by atoms with E-state index in [4.69, 9.17) is 14.2 Å². The van der Waals surface area contributed by atoms with Crippen molar-refractivity contribution < 1.29 is 29.2 Å². The maximum Gasteiger partial charge on any atom is 0.341 e. The van der Waals surface area contributed by atoms with Gasteiger partial charge in [0.25, 0.3) is 0 Å². The summed E-state index contributed by atoms with van der Waals surface area (Å²) in [5.41, 5.74) is 0.469. The molecule has 0 bridgehead atoms. The molecule has 0 aromatic heterocycles. The minimum absolute atomic E-state index is 0.0113. The van der Waals surface area contributed by atoms with Crippen molar-refractivity contribution in [3.63, 3.8) is 0 Å². The molecule has 0 saturated heterocycles. The van der Waals surface area contributed by atoms with E-state index in [0.717, 1.165) is 18.4 Å². The largest absolute Gasteiger partial charge is 0.506 e. The number of ether oxygens (including phenoxy) is 3. The number of carbonyl (C=O) groups excluding carboxylic acids is 1. The first kappa shape index (κ1) is 18.4. The molecule has 2 saturated carbocycles. The third kappa shape index (κ3) is 2.04. The van der Waals surface area contributed by atoms with Crippen LogP contribution in [-0.2, 0) is 4.74 Å². The third-order valence-corrected chi connectivity index (χ3v) is 7.81. The predicted molar refractivity (Wildman–Crippen MR) is 107 cm³/mol. The average Bonchev–Trinajstić information content (AvgIpc) is 3.02. The molecule has 0 radical (unpaired) electrons. The normalized spacial score (nSPS) is 30.7. The van der Waals surface area contributed by atoms with Gasteiger partial charge in [-0.3, -0.25) is 0 Å². The number of methoxy groups -OCH3 is 2. The van der Waals surface area contributed by atoms with Gasteiger partial charge < -0.3 is 24.4 Å². The van der Waals surface area contributed by atoms with E-state index in [-0.39, 0.29) is 34.0 Å². The van der Waals surface area contributed by atoms with E-state index < -0.39 is 5.97 Å². The van der Waals surface area contributed by atoms with E-state index in [0.29, 0.717) is 34.1 Å². The van der Waals surface area contributed by atoms with Crippen LogP contribution in [-0.4, -0.2) is 36.0 Å². The lowest BCUT2D eigenvalue weighted by atomic mass is 9.44. The van der Waals surface area contributed by atoms with Gasteiger partial charge in [0.1, 0.15) is 22.7 Å². The highest BCUT2D eigenvalue weighted by molar-refractivity contribution is 6.07. The van der Waals surface area contributed by atoms with Crippen LogP contribution in [0.15, 0.2) is 12.1 Å². The Bertz CT molecular complexity index is 1070. The number of benzene rings is 2. The van der Waals surface area contributed by atoms with E-state index in [9.17, 15) is 15.0 Å². The zero-order valence-electron chi connectivity index (χ0n) is 17.3. The number of fused-ring (bicyclic) bond motifs is 4. The van der Waals surface area contributed by atoms with E-state index in [1.165, 1.54) is 20.3 Å². The molecule has 0 spiro atoms. The maximum atomic E-state index is 12.3. The van der Waals surface area contributed by atoms with Gasteiger partial charge in [-0.25, -0.2) is 4.79 Å². The highest BCUT2D eigenvalue weighted by atomic mass is 16.5. The van der Waals surface area contributed by atoms with Crippen molar-refractivity contribution >= 4 is 16.7 Å². The van der Waals surface area contributed by atoms with Crippen molar-refractivity contribution in [1.82, 2.24) is 0 Å². The van der Waals surface area contributed by atoms with Gasteiger partial charge in [0.15, 0.2) is 11.5 Å². The topological polar surface area (TPSA) is 85.2 Å². The molecule has 1 aliphatic heterocycles. The van der Waals surface area contributed by atoms with Crippen molar-refractivity contribution in [3.8, 4) is 23.0 Å². The molecule has 2 aliphatic carbocycles. The molecule has 1 heterocycles. The number of aromatic hydroxyl groups is 2. The summed E-state index contributed by atoms with van der Waals surface area (Å²) < 4.78 is 16.8. The van der Waals surface area contributed by atoms with Crippen LogP contribution < -0.4 is 9.47 Å². The molecule has 0 unspecified atom stereocenters. The second-order valence-corrected chi connectivity index (χ2v) is 9.41. The molecular weight excluding hydrogens is 372 g/mol. The molecule has 2 aromatic carbocycles. The molecule has 6 nitrogen and oxygen atoms in total. The molecule has 154 valence electrons. The molecule has 29 heavy (non-hydrogen) atoms. The summed E-state index contributed by atoms with van der Waals surface area (Å²) in [5.74, 6) is 0.964. The lowest BCUT2D eigenvalue weighted by Crippen LogP contribution is -2.59.